The van der Waals surface area contributed by atoms with Gasteiger partial charge in [0.25, 0.3) is 0 Å². The van der Waals surface area contributed by atoms with Crippen molar-refractivity contribution in [3.63, 3.8) is 0 Å². The quantitative estimate of drug-likeness (QED) is 0.160. The van der Waals surface area contributed by atoms with E-state index < -0.39 is 0 Å². The topological polar surface area (TPSA) is 26.3 Å². The highest BCUT2D eigenvalue weighted by molar-refractivity contribution is 5.69. The fourth-order valence-corrected chi connectivity index (χ4v) is 3.53. The molecule has 0 radical (unpaired) electrons. The molecule has 2 heteroatoms. The molecule has 0 aliphatic heterocycles. The highest BCUT2D eigenvalue weighted by Crippen LogP contribution is 2.18. The molecule has 0 aromatic rings. The highest BCUT2D eigenvalue weighted by atomic mass is 16.5. The van der Waals surface area contributed by atoms with Crippen LogP contribution in [0.2, 0.25) is 0 Å². The van der Waals surface area contributed by atoms with Gasteiger partial charge >= 0.3 is 5.97 Å². The number of rotatable bonds is 20. The van der Waals surface area contributed by atoms with E-state index in [9.17, 15) is 4.79 Å². The molecule has 0 aromatic heterocycles. The van der Waals surface area contributed by atoms with Crippen LogP contribution in [0.5, 0.6) is 0 Å². The Labute approximate surface area is 164 Å². The molecular weight excluding hydrogens is 320 g/mol. The molecule has 0 aromatic carbocycles. The van der Waals surface area contributed by atoms with Gasteiger partial charge in [0.2, 0.25) is 0 Å². The van der Waals surface area contributed by atoms with Crippen LogP contribution >= 0.6 is 0 Å². The van der Waals surface area contributed by atoms with E-state index >= 15 is 0 Å². The standard InChI is InChI=1S/C24H48O2/c1-4-7-10-12-13-14-15-16-18-21-24(25)26-22-23(19-9-6-3)20-17-11-8-5-2/h23H,4-22H2,1-3H3. The summed E-state index contributed by atoms with van der Waals surface area (Å²) in [5.41, 5.74) is 0. The van der Waals surface area contributed by atoms with Crippen LogP contribution in [-0.4, -0.2) is 12.6 Å². The van der Waals surface area contributed by atoms with E-state index in [0.29, 0.717) is 18.9 Å². The molecule has 0 rings (SSSR count). The number of ether oxygens (including phenoxy) is 1. The van der Waals surface area contributed by atoms with Gasteiger partial charge in [-0.2, -0.15) is 0 Å². The Morgan fingerprint density at radius 1 is 0.615 bits per heavy atom. The third-order valence-electron chi connectivity index (χ3n) is 5.40. The van der Waals surface area contributed by atoms with Gasteiger partial charge in [-0.3, -0.25) is 4.79 Å². The van der Waals surface area contributed by atoms with E-state index in [2.05, 4.69) is 20.8 Å². The molecule has 0 aliphatic rings. The molecule has 0 saturated carbocycles. The van der Waals surface area contributed by atoms with Gasteiger partial charge in [0.15, 0.2) is 0 Å². The second kappa shape index (κ2) is 20.8. The van der Waals surface area contributed by atoms with Crippen LogP contribution in [0.15, 0.2) is 0 Å². The van der Waals surface area contributed by atoms with Crippen molar-refractivity contribution in [1.29, 1.82) is 0 Å². The summed E-state index contributed by atoms with van der Waals surface area (Å²) in [6.07, 6.45) is 22.4. The maximum atomic E-state index is 12.0. The first-order chi connectivity index (χ1) is 12.7. The molecule has 26 heavy (non-hydrogen) atoms. The normalized spacial score (nSPS) is 12.3. The predicted molar refractivity (Wildman–Crippen MR) is 115 cm³/mol. The Morgan fingerprint density at radius 3 is 1.65 bits per heavy atom. The Kier molecular flexibility index (Phi) is 20.4. The summed E-state index contributed by atoms with van der Waals surface area (Å²) in [7, 11) is 0. The summed E-state index contributed by atoms with van der Waals surface area (Å²) in [6, 6.07) is 0. The summed E-state index contributed by atoms with van der Waals surface area (Å²) in [6.45, 7) is 7.41. The summed E-state index contributed by atoms with van der Waals surface area (Å²) < 4.78 is 5.59. The van der Waals surface area contributed by atoms with Crippen molar-refractivity contribution in [1.82, 2.24) is 0 Å². The van der Waals surface area contributed by atoms with Crippen LogP contribution in [0.25, 0.3) is 0 Å². The monoisotopic (exact) mass is 368 g/mol. The van der Waals surface area contributed by atoms with Crippen LogP contribution in [0.3, 0.4) is 0 Å². The van der Waals surface area contributed by atoms with Crippen LogP contribution in [0.1, 0.15) is 136 Å². The van der Waals surface area contributed by atoms with Crippen molar-refractivity contribution in [3.8, 4) is 0 Å². The van der Waals surface area contributed by atoms with E-state index in [4.69, 9.17) is 4.74 Å². The molecule has 1 unspecified atom stereocenters. The molecular formula is C24H48O2. The SMILES string of the molecule is CCCCCCCCCCCC(=O)OCC(CCCC)CCCCCC. The van der Waals surface area contributed by atoms with Crippen molar-refractivity contribution < 1.29 is 9.53 Å². The van der Waals surface area contributed by atoms with E-state index in [1.807, 2.05) is 0 Å². The van der Waals surface area contributed by atoms with Gasteiger partial charge in [-0.15, -0.1) is 0 Å². The zero-order valence-electron chi connectivity index (χ0n) is 18.3. The van der Waals surface area contributed by atoms with Crippen molar-refractivity contribution in [2.24, 2.45) is 5.92 Å². The molecule has 0 aliphatic carbocycles. The second-order valence-electron chi connectivity index (χ2n) is 8.12. The van der Waals surface area contributed by atoms with Crippen molar-refractivity contribution in [2.75, 3.05) is 6.61 Å². The molecule has 0 spiro atoms. The Hall–Kier alpha value is -0.530. The van der Waals surface area contributed by atoms with E-state index in [0.717, 1.165) is 6.42 Å². The molecule has 0 heterocycles. The lowest BCUT2D eigenvalue weighted by Crippen LogP contribution is -2.14. The first-order valence-corrected chi connectivity index (χ1v) is 11.9. The molecule has 156 valence electrons. The van der Waals surface area contributed by atoms with Crippen LogP contribution < -0.4 is 0 Å². The fraction of sp³-hybridized carbons (Fsp3) is 0.958. The number of carbonyl (C=O) groups is 1. The number of carbonyl (C=O) groups excluding carboxylic acids is 1. The maximum absolute atomic E-state index is 12.0. The zero-order valence-corrected chi connectivity index (χ0v) is 18.3. The van der Waals surface area contributed by atoms with Gasteiger partial charge in [-0.1, -0.05) is 111 Å². The molecule has 1 atom stereocenters. The smallest absolute Gasteiger partial charge is 0.305 e. The van der Waals surface area contributed by atoms with Gasteiger partial charge in [0, 0.05) is 6.42 Å². The minimum absolute atomic E-state index is 0.0306. The summed E-state index contributed by atoms with van der Waals surface area (Å²) in [5, 5.41) is 0. The van der Waals surface area contributed by atoms with Crippen molar-refractivity contribution in [2.45, 2.75) is 136 Å². The second-order valence-corrected chi connectivity index (χ2v) is 8.12. The van der Waals surface area contributed by atoms with Crippen LogP contribution in [-0.2, 0) is 9.53 Å². The van der Waals surface area contributed by atoms with Crippen LogP contribution in [0.4, 0.5) is 0 Å². The fourth-order valence-electron chi connectivity index (χ4n) is 3.53. The molecule has 0 bridgehead atoms. The number of hydrogen-bond acceptors (Lipinski definition) is 2. The van der Waals surface area contributed by atoms with Gasteiger partial charge in [0.05, 0.1) is 6.61 Å². The van der Waals surface area contributed by atoms with Gasteiger partial charge in [-0.25, -0.2) is 0 Å². The minimum atomic E-state index is 0.0306. The van der Waals surface area contributed by atoms with E-state index in [1.54, 1.807) is 0 Å². The Bertz CT molecular complexity index is 288. The average Bonchev–Trinajstić information content (AvgIpc) is 2.65. The van der Waals surface area contributed by atoms with Crippen LogP contribution in [0, 0.1) is 5.92 Å². The molecule has 0 fully saturated rings. The number of unbranched alkanes of at least 4 members (excludes halogenated alkanes) is 12. The average molecular weight is 369 g/mol. The predicted octanol–water partition coefficient (Wildman–Crippen LogP) is 8.23. The first kappa shape index (κ1) is 25.5. The van der Waals surface area contributed by atoms with Crippen molar-refractivity contribution >= 4 is 5.97 Å². The largest absolute Gasteiger partial charge is 0.465 e. The van der Waals surface area contributed by atoms with E-state index in [1.165, 1.54) is 103 Å². The lowest BCUT2D eigenvalue weighted by Gasteiger charge is -2.16. The summed E-state index contributed by atoms with van der Waals surface area (Å²) in [4.78, 5) is 12.0. The lowest BCUT2D eigenvalue weighted by molar-refractivity contribution is -0.145. The Morgan fingerprint density at radius 2 is 1.08 bits per heavy atom. The highest BCUT2D eigenvalue weighted by Gasteiger charge is 2.11. The van der Waals surface area contributed by atoms with Gasteiger partial charge in [-0.05, 0) is 25.2 Å². The molecule has 0 amide bonds. The summed E-state index contributed by atoms with van der Waals surface area (Å²) in [5.74, 6) is 0.613. The Balaban J connectivity index is 3.64. The van der Waals surface area contributed by atoms with E-state index in [-0.39, 0.29) is 5.97 Å². The molecule has 0 N–H and O–H groups in total. The van der Waals surface area contributed by atoms with Crippen molar-refractivity contribution in [3.05, 3.63) is 0 Å². The third kappa shape index (κ3) is 18.3. The number of esters is 1. The third-order valence-corrected chi connectivity index (χ3v) is 5.40. The summed E-state index contributed by atoms with van der Waals surface area (Å²) >= 11 is 0. The minimum Gasteiger partial charge on any atom is -0.465 e. The van der Waals surface area contributed by atoms with Gasteiger partial charge < -0.3 is 4.74 Å². The first-order valence-electron chi connectivity index (χ1n) is 11.9. The molecule has 2 nitrogen and oxygen atoms in total. The number of hydrogen-bond donors (Lipinski definition) is 0. The lowest BCUT2D eigenvalue weighted by atomic mass is 9.96. The van der Waals surface area contributed by atoms with Gasteiger partial charge in [0.1, 0.15) is 0 Å². The maximum Gasteiger partial charge on any atom is 0.305 e. The zero-order chi connectivity index (χ0) is 19.3. The molecule has 0 saturated heterocycles.